The molecule has 0 aromatic rings. The molecule has 88 valence electrons. The lowest BCUT2D eigenvalue weighted by molar-refractivity contribution is -0.126. The fraction of sp³-hybridized carbons (Fsp3) is 0.900. The molecule has 0 aromatic carbocycles. The van der Waals surface area contributed by atoms with Gasteiger partial charge in [0.05, 0.1) is 18.2 Å². The SMILES string of the molecule is CC[C@H](N)C(=O)NC1(CO)CCOCC1. The Hall–Kier alpha value is -0.650. The topological polar surface area (TPSA) is 84.6 Å². The van der Waals surface area contributed by atoms with E-state index < -0.39 is 11.6 Å². The molecule has 1 aliphatic rings. The van der Waals surface area contributed by atoms with Crippen LogP contribution in [0.25, 0.3) is 0 Å². The third-order valence-corrected chi connectivity index (χ3v) is 2.92. The Morgan fingerprint density at radius 1 is 1.60 bits per heavy atom. The molecule has 5 heteroatoms. The fourth-order valence-corrected chi connectivity index (χ4v) is 1.62. The van der Waals surface area contributed by atoms with Crippen LogP contribution >= 0.6 is 0 Å². The van der Waals surface area contributed by atoms with E-state index in [2.05, 4.69) is 5.32 Å². The highest BCUT2D eigenvalue weighted by molar-refractivity contribution is 5.82. The first-order valence-electron chi connectivity index (χ1n) is 5.40. The van der Waals surface area contributed by atoms with Crippen LogP contribution in [-0.4, -0.2) is 42.4 Å². The molecule has 0 bridgehead atoms. The van der Waals surface area contributed by atoms with E-state index in [-0.39, 0.29) is 12.5 Å². The first kappa shape index (κ1) is 12.4. The Morgan fingerprint density at radius 2 is 2.20 bits per heavy atom. The Balaban J connectivity index is 2.55. The molecule has 15 heavy (non-hydrogen) atoms. The van der Waals surface area contributed by atoms with Gasteiger partial charge in [0.1, 0.15) is 0 Å². The summed E-state index contributed by atoms with van der Waals surface area (Å²) in [6.45, 7) is 2.95. The highest BCUT2D eigenvalue weighted by Crippen LogP contribution is 2.20. The molecule has 1 atom stereocenters. The van der Waals surface area contributed by atoms with Crippen molar-refractivity contribution in [2.24, 2.45) is 5.73 Å². The third kappa shape index (κ3) is 3.15. The summed E-state index contributed by atoms with van der Waals surface area (Å²) in [6.07, 6.45) is 1.89. The zero-order valence-corrected chi connectivity index (χ0v) is 9.16. The lowest BCUT2D eigenvalue weighted by Crippen LogP contribution is -2.58. The maximum atomic E-state index is 11.6. The number of rotatable bonds is 4. The molecule has 1 saturated heterocycles. The van der Waals surface area contributed by atoms with Gasteiger partial charge in [0.15, 0.2) is 0 Å². The van der Waals surface area contributed by atoms with Gasteiger partial charge in [-0.05, 0) is 19.3 Å². The van der Waals surface area contributed by atoms with Crippen LogP contribution in [0, 0.1) is 0 Å². The minimum atomic E-state index is -0.526. The lowest BCUT2D eigenvalue weighted by atomic mass is 9.90. The predicted octanol–water partition coefficient (Wildman–Crippen LogP) is -0.619. The number of amides is 1. The summed E-state index contributed by atoms with van der Waals surface area (Å²) in [5, 5.41) is 12.2. The number of carbonyl (C=O) groups is 1. The van der Waals surface area contributed by atoms with Gasteiger partial charge >= 0.3 is 0 Å². The van der Waals surface area contributed by atoms with Crippen molar-refractivity contribution in [1.29, 1.82) is 0 Å². The monoisotopic (exact) mass is 216 g/mol. The first-order valence-corrected chi connectivity index (χ1v) is 5.40. The molecular formula is C10H20N2O3. The van der Waals surface area contributed by atoms with Crippen molar-refractivity contribution in [3.8, 4) is 0 Å². The molecule has 1 aliphatic heterocycles. The summed E-state index contributed by atoms with van der Waals surface area (Å²) in [4.78, 5) is 11.6. The van der Waals surface area contributed by atoms with Gasteiger partial charge < -0.3 is 20.9 Å². The molecule has 0 aliphatic carbocycles. The van der Waals surface area contributed by atoms with Crippen molar-refractivity contribution in [3.05, 3.63) is 0 Å². The van der Waals surface area contributed by atoms with Crippen LogP contribution in [0.3, 0.4) is 0 Å². The molecule has 0 unspecified atom stereocenters. The number of carbonyl (C=O) groups excluding carboxylic acids is 1. The number of ether oxygens (including phenoxy) is 1. The van der Waals surface area contributed by atoms with Gasteiger partial charge in [0.2, 0.25) is 5.91 Å². The highest BCUT2D eigenvalue weighted by Gasteiger charge is 2.34. The van der Waals surface area contributed by atoms with E-state index >= 15 is 0 Å². The molecule has 4 N–H and O–H groups in total. The van der Waals surface area contributed by atoms with E-state index in [0.29, 0.717) is 32.5 Å². The quantitative estimate of drug-likeness (QED) is 0.585. The number of nitrogens with one attached hydrogen (secondary N) is 1. The van der Waals surface area contributed by atoms with Gasteiger partial charge in [-0.25, -0.2) is 0 Å². The van der Waals surface area contributed by atoms with Crippen molar-refractivity contribution >= 4 is 5.91 Å². The van der Waals surface area contributed by atoms with Crippen molar-refractivity contribution in [2.45, 2.75) is 37.8 Å². The number of nitrogens with two attached hydrogens (primary N) is 1. The minimum Gasteiger partial charge on any atom is -0.394 e. The van der Waals surface area contributed by atoms with Crippen LogP contribution in [-0.2, 0) is 9.53 Å². The van der Waals surface area contributed by atoms with Crippen molar-refractivity contribution in [1.82, 2.24) is 5.32 Å². The van der Waals surface area contributed by atoms with Crippen LogP contribution in [0.15, 0.2) is 0 Å². The molecule has 0 saturated carbocycles. The number of hydrogen-bond acceptors (Lipinski definition) is 4. The van der Waals surface area contributed by atoms with E-state index in [1.165, 1.54) is 0 Å². The maximum absolute atomic E-state index is 11.6. The summed E-state index contributed by atoms with van der Waals surface area (Å²) >= 11 is 0. The fourth-order valence-electron chi connectivity index (χ4n) is 1.62. The van der Waals surface area contributed by atoms with E-state index in [9.17, 15) is 9.90 Å². The van der Waals surface area contributed by atoms with Crippen molar-refractivity contribution < 1.29 is 14.6 Å². The molecule has 1 heterocycles. The van der Waals surface area contributed by atoms with Crippen LogP contribution in [0.5, 0.6) is 0 Å². The minimum absolute atomic E-state index is 0.0570. The van der Waals surface area contributed by atoms with Gasteiger partial charge in [-0.2, -0.15) is 0 Å². The highest BCUT2D eigenvalue weighted by atomic mass is 16.5. The normalized spacial score (nSPS) is 22.1. The summed E-state index contributed by atoms with van der Waals surface area (Å²) in [6, 6.07) is -0.490. The largest absolute Gasteiger partial charge is 0.394 e. The maximum Gasteiger partial charge on any atom is 0.237 e. The van der Waals surface area contributed by atoms with Crippen LogP contribution in [0.2, 0.25) is 0 Å². The second-order valence-corrected chi connectivity index (χ2v) is 4.05. The van der Waals surface area contributed by atoms with Crippen LogP contribution < -0.4 is 11.1 Å². The zero-order valence-electron chi connectivity index (χ0n) is 9.16. The van der Waals surface area contributed by atoms with Gasteiger partial charge in [-0.3, -0.25) is 4.79 Å². The zero-order chi connectivity index (χ0) is 11.3. The molecule has 1 fully saturated rings. The van der Waals surface area contributed by atoms with E-state index in [4.69, 9.17) is 10.5 Å². The first-order chi connectivity index (χ1) is 7.13. The second kappa shape index (κ2) is 5.44. The van der Waals surface area contributed by atoms with Gasteiger partial charge in [-0.15, -0.1) is 0 Å². The van der Waals surface area contributed by atoms with Gasteiger partial charge in [-0.1, -0.05) is 6.92 Å². The third-order valence-electron chi connectivity index (χ3n) is 2.92. The molecule has 1 amide bonds. The number of aliphatic hydroxyl groups is 1. The molecule has 0 radical (unpaired) electrons. The molecule has 0 aromatic heterocycles. The molecule has 5 nitrogen and oxygen atoms in total. The molecular weight excluding hydrogens is 196 g/mol. The summed E-state index contributed by atoms with van der Waals surface area (Å²) in [5.41, 5.74) is 5.10. The van der Waals surface area contributed by atoms with Crippen LogP contribution in [0.4, 0.5) is 0 Å². The van der Waals surface area contributed by atoms with E-state index in [1.807, 2.05) is 6.92 Å². The Kier molecular flexibility index (Phi) is 4.50. The average Bonchev–Trinajstić information content (AvgIpc) is 2.29. The Morgan fingerprint density at radius 3 is 2.67 bits per heavy atom. The van der Waals surface area contributed by atoms with Gasteiger partial charge in [0, 0.05) is 13.2 Å². The Bertz CT molecular complexity index is 215. The summed E-state index contributed by atoms with van der Waals surface area (Å²) in [7, 11) is 0. The van der Waals surface area contributed by atoms with E-state index in [0.717, 1.165) is 0 Å². The molecule has 1 rings (SSSR count). The lowest BCUT2D eigenvalue weighted by Gasteiger charge is -2.37. The summed E-state index contributed by atoms with van der Waals surface area (Å²) in [5.74, 6) is -0.187. The van der Waals surface area contributed by atoms with Crippen LogP contribution in [0.1, 0.15) is 26.2 Å². The van der Waals surface area contributed by atoms with Crippen molar-refractivity contribution in [3.63, 3.8) is 0 Å². The average molecular weight is 216 g/mol. The van der Waals surface area contributed by atoms with E-state index in [1.54, 1.807) is 0 Å². The standard InChI is InChI=1S/C10H20N2O3/c1-2-8(11)9(14)12-10(7-13)3-5-15-6-4-10/h8,13H,2-7,11H2,1H3,(H,12,14)/t8-/m0/s1. The Labute approximate surface area is 90.0 Å². The predicted molar refractivity (Wildman–Crippen MR) is 56.3 cm³/mol. The second-order valence-electron chi connectivity index (χ2n) is 4.05. The van der Waals surface area contributed by atoms with Gasteiger partial charge in [0.25, 0.3) is 0 Å². The summed E-state index contributed by atoms with van der Waals surface area (Å²) < 4.78 is 5.20. The number of aliphatic hydroxyl groups excluding tert-OH is 1. The smallest absolute Gasteiger partial charge is 0.237 e. The van der Waals surface area contributed by atoms with Crippen molar-refractivity contribution in [2.75, 3.05) is 19.8 Å². The molecule has 0 spiro atoms. The number of hydrogen-bond donors (Lipinski definition) is 3.